The molecule has 1 aromatic rings. The van der Waals surface area contributed by atoms with Crippen molar-refractivity contribution in [1.82, 2.24) is 0 Å². The zero-order valence-corrected chi connectivity index (χ0v) is 12.9. The fourth-order valence-electron chi connectivity index (χ4n) is 2.12. The predicted molar refractivity (Wildman–Crippen MR) is 86.5 cm³/mol. The second kappa shape index (κ2) is 9.43. The van der Waals surface area contributed by atoms with E-state index in [4.69, 9.17) is 12.6 Å². The number of rotatable bonds is 1. The maximum atomic E-state index is 14.2. The van der Waals surface area contributed by atoms with Crippen molar-refractivity contribution in [3.8, 4) is 5.75 Å². The van der Waals surface area contributed by atoms with Crippen molar-refractivity contribution in [3.05, 3.63) is 23.5 Å². The zero-order chi connectivity index (χ0) is 15.7. The van der Waals surface area contributed by atoms with E-state index in [1.54, 1.807) is 12.1 Å². The second-order valence-corrected chi connectivity index (χ2v) is 4.68. The number of halogens is 1. The summed E-state index contributed by atoms with van der Waals surface area (Å²) in [5.41, 5.74) is 0.493. The number of hydrogen-bond donors (Lipinski definition) is 1. The standard InChI is InChI=1S/C14H17BFNO2.C2H6.H2/c15-9-10-6-7-11-14(13(10)16)17-12(18)5-3-1-2-4-8-19-11;1-2;/h6-7H,1-5,8-9H2,(H,17,18);1-2H3;1H. The first-order valence-electron chi connectivity index (χ1n) is 7.66. The van der Waals surface area contributed by atoms with E-state index < -0.39 is 5.82 Å². The lowest BCUT2D eigenvalue weighted by atomic mass is 9.96. The number of hydrogen-bond acceptors (Lipinski definition) is 2. The summed E-state index contributed by atoms with van der Waals surface area (Å²) in [4.78, 5) is 11.8. The van der Waals surface area contributed by atoms with Crippen LogP contribution in [-0.4, -0.2) is 20.4 Å². The molecule has 1 N–H and O–H groups in total. The van der Waals surface area contributed by atoms with E-state index in [0.29, 0.717) is 24.3 Å². The van der Waals surface area contributed by atoms with Gasteiger partial charge in [0, 0.05) is 7.85 Å². The van der Waals surface area contributed by atoms with Crippen molar-refractivity contribution in [1.29, 1.82) is 0 Å². The number of carbonyl (C=O) groups is 1. The number of ether oxygens (including phenoxy) is 1. The Morgan fingerprint density at radius 3 is 2.71 bits per heavy atom. The van der Waals surface area contributed by atoms with Gasteiger partial charge in [0.25, 0.3) is 0 Å². The molecule has 0 saturated carbocycles. The van der Waals surface area contributed by atoms with Crippen molar-refractivity contribution in [2.75, 3.05) is 11.9 Å². The highest BCUT2D eigenvalue weighted by molar-refractivity contribution is 6.08. The average Bonchev–Trinajstić information content (AvgIpc) is 2.55. The quantitative estimate of drug-likeness (QED) is 0.793. The van der Waals surface area contributed by atoms with Gasteiger partial charge in [-0.15, -0.1) is 0 Å². The van der Waals surface area contributed by atoms with E-state index in [2.05, 4.69) is 5.32 Å². The van der Waals surface area contributed by atoms with E-state index in [9.17, 15) is 9.18 Å². The number of fused-ring (bicyclic) bond motifs is 1. The van der Waals surface area contributed by atoms with Gasteiger partial charge in [-0.1, -0.05) is 39.1 Å². The van der Waals surface area contributed by atoms with Crippen LogP contribution in [0.15, 0.2) is 12.1 Å². The molecular formula is C16H25BFNO2. The summed E-state index contributed by atoms with van der Waals surface area (Å²) in [7, 11) is 5.48. The van der Waals surface area contributed by atoms with Gasteiger partial charge in [-0.25, -0.2) is 4.39 Å². The van der Waals surface area contributed by atoms with Crippen LogP contribution >= 0.6 is 0 Å². The molecule has 0 unspecified atom stereocenters. The van der Waals surface area contributed by atoms with Gasteiger partial charge in [0.05, 0.1) is 14.5 Å². The summed E-state index contributed by atoms with van der Waals surface area (Å²) in [5, 5.41) is 2.61. The van der Waals surface area contributed by atoms with Gasteiger partial charge in [0.2, 0.25) is 5.91 Å². The lowest BCUT2D eigenvalue weighted by Crippen LogP contribution is -2.14. The molecule has 2 radical (unpaired) electrons. The highest BCUT2D eigenvalue weighted by Gasteiger charge is 2.16. The minimum Gasteiger partial charge on any atom is -0.491 e. The lowest BCUT2D eigenvalue weighted by molar-refractivity contribution is -0.116. The Hall–Kier alpha value is -1.52. The fraction of sp³-hybridized carbons (Fsp3) is 0.562. The minimum absolute atomic E-state index is 0. The Kier molecular flexibility index (Phi) is 7.87. The Bertz CT molecular complexity index is 472. The summed E-state index contributed by atoms with van der Waals surface area (Å²) in [6, 6.07) is 3.26. The van der Waals surface area contributed by atoms with Crippen LogP contribution in [0.3, 0.4) is 0 Å². The third-order valence-corrected chi connectivity index (χ3v) is 3.22. The minimum atomic E-state index is -0.493. The molecule has 1 aliphatic heterocycles. The molecule has 21 heavy (non-hydrogen) atoms. The molecule has 1 aliphatic rings. The SMILES string of the molecule is CC.[B]Cc1ccc2c(c1F)NC(=O)CCCCCCO2.[HH]. The number of amides is 1. The van der Waals surface area contributed by atoms with E-state index in [1.807, 2.05) is 13.8 Å². The van der Waals surface area contributed by atoms with Crippen LogP contribution in [0.4, 0.5) is 10.1 Å². The van der Waals surface area contributed by atoms with Gasteiger partial charge in [-0.2, -0.15) is 0 Å². The van der Waals surface area contributed by atoms with Crippen LogP contribution in [0.2, 0.25) is 0 Å². The van der Waals surface area contributed by atoms with Gasteiger partial charge in [-0.05, 0) is 24.5 Å². The maximum absolute atomic E-state index is 14.2. The van der Waals surface area contributed by atoms with Crippen LogP contribution in [0.1, 0.15) is 52.9 Å². The molecule has 1 aromatic carbocycles. The number of carbonyl (C=O) groups excluding carboxylic acids is 1. The number of nitrogens with one attached hydrogen (secondary N) is 1. The van der Waals surface area contributed by atoms with Crippen LogP contribution in [0.5, 0.6) is 5.75 Å². The maximum Gasteiger partial charge on any atom is 0.224 e. The van der Waals surface area contributed by atoms with Crippen LogP contribution in [0.25, 0.3) is 0 Å². The van der Waals surface area contributed by atoms with Crippen molar-refractivity contribution in [3.63, 3.8) is 0 Å². The summed E-state index contributed by atoms with van der Waals surface area (Å²) < 4.78 is 19.8. The molecule has 0 saturated heterocycles. The van der Waals surface area contributed by atoms with Crippen LogP contribution in [-0.2, 0) is 11.1 Å². The van der Waals surface area contributed by atoms with E-state index in [-0.39, 0.29) is 19.3 Å². The Labute approximate surface area is 129 Å². The largest absolute Gasteiger partial charge is 0.491 e. The van der Waals surface area contributed by atoms with Crippen molar-refractivity contribution < 1.29 is 15.3 Å². The first-order chi connectivity index (χ1) is 10.2. The number of anilines is 1. The summed E-state index contributed by atoms with van der Waals surface area (Å²) in [6.07, 6.45) is 4.24. The first kappa shape index (κ1) is 17.5. The molecular weight excluding hydrogens is 268 g/mol. The third kappa shape index (κ3) is 5.07. The molecule has 5 heteroatoms. The normalized spacial score (nSPS) is 15.5. The molecule has 1 amide bonds. The molecule has 116 valence electrons. The molecule has 0 bridgehead atoms. The summed E-state index contributed by atoms with van der Waals surface area (Å²) >= 11 is 0. The molecule has 0 aliphatic carbocycles. The Morgan fingerprint density at radius 1 is 1.29 bits per heavy atom. The first-order valence-corrected chi connectivity index (χ1v) is 7.66. The fourth-order valence-corrected chi connectivity index (χ4v) is 2.12. The molecule has 0 fully saturated rings. The second-order valence-electron chi connectivity index (χ2n) is 4.68. The van der Waals surface area contributed by atoms with Gasteiger partial charge >= 0.3 is 0 Å². The topological polar surface area (TPSA) is 38.3 Å². The molecule has 1 heterocycles. The van der Waals surface area contributed by atoms with Gasteiger partial charge in [-0.3, -0.25) is 4.79 Å². The Balaban J connectivity index is 0.00000141. The van der Waals surface area contributed by atoms with Crippen LogP contribution in [0, 0.1) is 5.82 Å². The van der Waals surface area contributed by atoms with Crippen LogP contribution < -0.4 is 10.1 Å². The van der Waals surface area contributed by atoms with Crippen molar-refractivity contribution >= 4 is 19.4 Å². The van der Waals surface area contributed by atoms with Crippen molar-refractivity contribution in [2.45, 2.75) is 52.3 Å². The highest BCUT2D eigenvalue weighted by atomic mass is 19.1. The third-order valence-electron chi connectivity index (χ3n) is 3.22. The van der Waals surface area contributed by atoms with E-state index >= 15 is 0 Å². The van der Waals surface area contributed by atoms with Crippen molar-refractivity contribution in [2.24, 2.45) is 0 Å². The molecule has 3 nitrogen and oxygen atoms in total. The van der Waals surface area contributed by atoms with Gasteiger partial charge in [0.1, 0.15) is 11.4 Å². The number of benzene rings is 1. The van der Waals surface area contributed by atoms with E-state index in [0.717, 1.165) is 25.7 Å². The smallest absolute Gasteiger partial charge is 0.224 e. The lowest BCUT2D eigenvalue weighted by Gasteiger charge is -2.14. The highest BCUT2D eigenvalue weighted by Crippen LogP contribution is 2.31. The predicted octanol–water partition coefficient (Wildman–Crippen LogP) is 4.05. The summed E-state index contributed by atoms with van der Waals surface area (Å²) in [5.74, 6) is -0.294. The molecule has 0 spiro atoms. The monoisotopic (exact) mass is 293 g/mol. The summed E-state index contributed by atoms with van der Waals surface area (Å²) in [6.45, 7) is 4.53. The van der Waals surface area contributed by atoms with Gasteiger partial charge in [0.15, 0.2) is 5.82 Å². The molecule has 0 atom stereocenters. The van der Waals surface area contributed by atoms with Gasteiger partial charge < -0.3 is 10.1 Å². The Morgan fingerprint density at radius 2 is 2.00 bits per heavy atom. The van der Waals surface area contributed by atoms with E-state index in [1.165, 1.54) is 0 Å². The average molecular weight is 293 g/mol. The zero-order valence-electron chi connectivity index (χ0n) is 12.9. The molecule has 2 rings (SSSR count). The molecule has 0 aromatic heterocycles.